The number of pyridine rings is 1. The molecule has 3 heteroatoms. The quantitative estimate of drug-likeness (QED) is 0.825. The second kappa shape index (κ2) is 4.83. The van der Waals surface area contributed by atoms with Gasteiger partial charge in [-0.05, 0) is 44.4 Å². The maximum atomic E-state index is 5.80. The van der Waals surface area contributed by atoms with Gasteiger partial charge in [0.2, 0.25) is 0 Å². The number of nitrogen functional groups attached to an aromatic ring is 1. The minimum atomic E-state index is 0.121. The average Bonchev–Trinajstić information content (AvgIpc) is 2.13. The van der Waals surface area contributed by atoms with Crippen molar-refractivity contribution in [1.29, 1.82) is 0 Å². The normalized spacial score (nSPS) is 12.1. The largest absolute Gasteiger partial charge is 0.384 e. The van der Waals surface area contributed by atoms with E-state index in [0.29, 0.717) is 11.7 Å². The molecule has 0 amide bonds. The van der Waals surface area contributed by atoms with E-state index in [9.17, 15) is 0 Å². The fourth-order valence-corrected chi connectivity index (χ4v) is 1.40. The SMILES string of the molecule is CC(C)c1cc(CNC(C)(C)C)cc(N)n1. The first-order valence-corrected chi connectivity index (χ1v) is 5.79. The van der Waals surface area contributed by atoms with Crippen molar-refractivity contribution in [3.8, 4) is 0 Å². The first kappa shape index (κ1) is 13.0. The Kier molecular flexibility index (Phi) is 3.92. The lowest BCUT2D eigenvalue weighted by molar-refractivity contribution is 0.424. The number of aromatic nitrogens is 1. The molecule has 1 aromatic heterocycles. The van der Waals surface area contributed by atoms with Gasteiger partial charge in [0, 0.05) is 17.8 Å². The Bertz CT molecular complexity index is 351. The maximum absolute atomic E-state index is 5.80. The van der Waals surface area contributed by atoms with Crippen LogP contribution in [0.25, 0.3) is 0 Å². The summed E-state index contributed by atoms with van der Waals surface area (Å²) in [6.45, 7) is 11.5. The van der Waals surface area contributed by atoms with Crippen molar-refractivity contribution >= 4 is 5.82 Å². The summed E-state index contributed by atoms with van der Waals surface area (Å²) in [5.74, 6) is 1.02. The molecule has 3 N–H and O–H groups in total. The average molecular weight is 221 g/mol. The van der Waals surface area contributed by atoms with Crippen LogP contribution in [0.2, 0.25) is 0 Å². The molecule has 0 fully saturated rings. The molecule has 0 bridgehead atoms. The van der Waals surface area contributed by atoms with Crippen LogP contribution in [0.3, 0.4) is 0 Å². The van der Waals surface area contributed by atoms with Gasteiger partial charge in [0.1, 0.15) is 5.82 Å². The summed E-state index contributed by atoms with van der Waals surface area (Å²) in [5.41, 5.74) is 8.18. The van der Waals surface area contributed by atoms with Crippen molar-refractivity contribution in [2.24, 2.45) is 0 Å². The van der Waals surface area contributed by atoms with Crippen LogP contribution >= 0.6 is 0 Å². The highest BCUT2D eigenvalue weighted by Gasteiger charge is 2.10. The minimum Gasteiger partial charge on any atom is -0.384 e. The molecule has 1 aromatic rings. The van der Waals surface area contributed by atoms with E-state index >= 15 is 0 Å². The summed E-state index contributed by atoms with van der Waals surface area (Å²) < 4.78 is 0. The molecular weight excluding hydrogens is 198 g/mol. The Balaban J connectivity index is 2.81. The predicted molar refractivity (Wildman–Crippen MR) is 69.3 cm³/mol. The van der Waals surface area contributed by atoms with Crippen molar-refractivity contribution in [3.05, 3.63) is 23.4 Å². The van der Waals surface area contributed by atoms with Crippen LogP contribution in [0.15, 0.2) is 12.1 Å². The van der Waals surface area contributed by atoms with Gasteiger partial charge in [-0.3, -0.25) is 0 Å². The Labute approximate surface area is 98.5 Å². The Morgan fingerprint density at radius 3 is 2.44 bits per heavy atom. The van der Waals surface area contributed by atoms with E-state index in [-0.39, 0.29) is 5.54 Å². The number of hydrogen-bond donors (Lipinski definition) is 2. The lowest BCUT2D eigenvalue weighted by atomic mass is 10.1. The molecule has 0 aliphatic heterocycles. The molecule has 0 aromatic carbocycles. The van der Waals surface area contributed by atoms with Gasteiger partial charge in [0.05, 0.1) is 0 Å². The fraction of sp³-hybridized carbons (Fsp3) is 0.615. The third-order valence-electron chi connectivity index (χ3n) is 2.34. The summed E-state index contributed by atoms with van der Waals surface area (Å²) in [5, 5.41) is 3.45. The Hall–Kier alpha value is -1.09. The van der Waals surface area contributed by atoms with Crippen LogP contribution in [0, 0.1) is 0 Å². The van der Waals surface area contributed by atoms with Crippen molar-refractivity contribution < 1.29 is 0 Å². The van der Waals surface area contributed by atoms with Crippen LogP contribution < -0.4 is 11.1 Å². The van der Waals surface area contributed by atoms with Gasteiger partial charge < -0.3 is 11.1 Å². The number of rotatable bonds is 3. The van der Waals surface area contributed by atoms with E-state index in [4.69, 9.17) is 5.73 Å². The molecule has 0 atom stereocenters. The molecule has 90 valence electrons. The topological polar surface area (TPSA) is 50.9 Å². The fourth-order valence-electron chi connectivity index (χ4n) is 1.40. The van der Waals surface area contributed by atoms with Crippen molar-refractivity contribution in [2.45, 2.75) is 52.6 Å². The maximum Gasteiger partial charge on any atom is 0.123 e. The van der Waals surface area contributed by atoms with Gasteiger partial charge in [-0.25, -0.2) is 4.98 Å². The van der Waals surface area contributed by atoms with Gasteiger partial charge in [0.25, 0.3) is 0 Å². The number of nitrogens with one attached hydrogen (secondary N) is 1. The highest BCUT2D eigenvalue weighted by molar-refractivity contribution is 5.35. The monoisotopic (exact) mass is 221 g/mol. The molecule has 0 spiro atoms. The number of hydrogen-bond acceptors (Lipinski definition) is 3. The molecule has 1 rings (SSSR count). The summed E-state index contributed by atoms with van der Waals surface area (Å²) in [6.07, 6.45) is 0. The summed E-state index contributed by atoms with van der Waals surface area (Å²) in [6, 6.07) is 4.06. The third kappa shape index (κ3) is 4.19. The third-order valence-corrected chi connectivity index (χ3v) is 2.34. The second-order valence-electron chi connectivity index (χ2n) is 5.58. The number of nitrogens with zero attached hydrogens (tertiary/aromatic N) is 1. The van der Waals surface area contributed by atoms with Gasteiger partial charge in [-0.15, -0.1) is 0 Å². The molecular formula is C13H23N3. The lowest BCUT2D eigenvalue weighted by Crippen LogP contribution is -2.35. The zero-order valence-corrected chi connectivity index (χ0v) is 11.0. The molecule has 0 unspecified atom stereocenters. The van der Waals surface area contributed by atoms with Gasteiger partial charge >= 0.3 is 0 Å². The van der Waals surface area contributed by atoms with Crippen LogP contribution in [0.4, 0.5) is 5.82 Å². The molecule has 1 heterocycles. The summed E-state index contributed by atoms with van der Waals surface area (Å²) in [4.78, 5) is 4.33. The smallest absolute Gasteiger partial charge is 0.123 e. The van der Waals surface area contributed by atoms with Crippen molar-refractivity contribution in [3.63, 3.8) is 0 Å². The second-order valence-corrected chi connectivity index (χ2v) is 5.58. The molecule has 0 saturated heterocycles. The van der Waals surface area contributed by atoms with Gasteiger partial charge in [-0.1, -0.05) is 13.8 Å². The number of anilines is 1. The van der Waals surface area contributed by atoms with Crippen molar-refractivity contribution in [2.75, 3.05) is 5.73 Å². The summed E-state index contributed by atoms with van der Waals surface area (Å²) in [7, 11) is 0. The highest BCUT2D eigenvalue weighted by atomic mass is 14.9. The first-order valence-electron chi connectivity index (χ1n) is 5.79. The van der Waals surface area contributed by atoms with Crippen LogP contribution in [0.1, 0.15) is 51.8 Å². The highest BCUT2D eigenvalue weighted by Crippen LogP contribution is 2.16. The molecule has 16 heavy (non-hydrogen) atoms. The van der Waals surface area contributed by atoms with Gasteiger partial charge in [0.15, 0.2) is 0 Å². The van der Waals surface area contributed by atoms with Crippen LogP contribution in [0.5, 0.6) is 0 Å². The van der Waals surface area contributed by atoms with E-state index in [2.05, 4.69) is 51.0 Å². The molecule has 3 nitrogen and oxygen atoms in total. The first-order chi connectivity index (χ1) is 7.28. The van der Waals surface area contributed by atoms with Crippen molar-refractivity contribution in [1.82, 2.24) is 10.3 Å². The van der Waals surface area contributed by atoms with E-state index in [0.717, 1.165) is 12.2 Å². The minimum absolute atomic E-state index is 0.121. The standard InChI is InChI=1S/C13H23N3/c1-9(2)11-6-10(7-12(14)16-11)8-15-13(3,4)5/h6-7,9,15H,8H2,1-5H3,(H2,14,16). The lowest BCUT2D eigenvalue weighted by Gasteiger charge is -2.21. The van der Waals surface area contributed by atoms with E-state index in [1.165, 1.54) is 5.56 Å². The summed E-state index contributed by atoms with van der Waals surface area (Å²) >= 11 is 0. The zero-order chi connectivity index (χ0) is 12.3. The molecule has 0 aliphatic carbocycles. The van der Waals surface area contributed by atoms with Gasteiger partial charge in [-0.2, -0.15) is 0 Å². The molecule has 0 saturated carbocycles. The van der Waals surface area contributed by atoms with E-state index in [1.54, 1.807) is 0 Å². The Morgan fingerprint density at radius 2 is 1.94 bits per heavy atom. The van der Waals surface area contributed by atoms with E-state index in [1.807, 2.05) is 6.07 Å². The Morgan fingerprint density at radius 1 is 1.31 bits per heavy atom. The van der Waals surface area contributed by atoms with Crippen LogP contribution in [-0.2, 0) is 6.54 Å². The molecule has 0 aliphatic rings. The zero-order valence-electron chi connectivity index (χ0n) is 11.0. The van der Waals surface area contributed by atoms with E-state index < -0.39 is 0 Å². The van der Waals surface area contributed by atoms with Crippen LogP contribution in [-0.4, -0.2) is 10.5 Å². The molecule has 0 radical (unpaired) electrons. The predicted octanol–water partition coefficient (Wildman–Crippen LogP) is 2.68. The number of nitrogens with two attached hydrogens (primary N) is 1.